The predicted octanol–water partition coefficient (Wildman–Crippen LogP) is 2.27. The highest BCUT2D eigenvalue weighted by Crippen LogP contribution is 2.01. The Balaban J connectivity index is 3.45. The van der Waals surface area contributed by atoms with E-state index in [9.17, 15) is 0 Å². The van der Waals surface area contributed by atoms with Crippen molar-refractivity contribution >= 4 is 0 Å². The molecule has 0 saturated carbocycles. The molecule has 0 aromatic heterocycles. The largest absolute Gasteiger partial charge is 0.373 e. The molecule has 1 unspecified atom stereocenters. The zero-order chi connectivity index (χ0) is 8.53. The van der Waals surface area contributed by atoms with Gasteiger partial charge < -0.3 is 4.74 Å². The number of hydrogen-bond acceptors (Lipinski definition) is 2. The van der Waals surface area contributed by atoms with Crippen molar-refractivity contribution in [2.75, 3.05) is 6.61 Å². The van der Waals surface area contributed by atoms with E-state index in [1.807, 2.05) is 26.0 Å². The van der Waals surface area contributed by atoms with Crippen LogP contribution in [0.3, 0.4) is 0 Å². The second kappa shape index (κ2) is 7.30. The molecular formula is C9H15NO. The molecule has 2 heteroatoms. The van der Waals surface area contributed by atoms with Crippen LogP contribution in [-0.4, -0.2) is 12.7 Å². The highest BCUT2D eigenvalue weighted by atomic mass is 16.5. The molecule has 0 aliphatic rings. The van der Waals surface area contributed by atoms with Crippen molar-refractivity contribution in [2.24, 2.45) is 0 Å². The van der Waals surface area contributed by atoms with E-state index in [-0.39, 0.29) is 6.10 Å². The highest BCUT2D eigenvalue weighted by molar-refractivity contribution is 4.79. The lowest BCUT2D eigenvalue weighted by molar-refractivity contribution is 0.0750. The lowest BCUT2D eigenvalue weighted by Gasteiger charge is -2.09. The van der Waals surface area contributed by atoms with Crippen LogP contribution in [0.15, 0.2) is 12.2 Å². The monoisotopic (exact) mass is 153 g/mol. The first-order valence-corrected chi connectivity index (χ1v) is 3.94. The van der Waals surface area contributed by atoms with Crippen LogP contribution in [0, 0.1) is 11.3 Å². The zero-order valence-corrected chi connectivity index (χ0v) is 7.21. The topological polar surface area (TPSA) is 33.0 Å². The quantitative estimate of drug-likeness (QED) is 0.567. The van der Waals surface area contributed by atoms with Crippen LogP contribution >= 0.6 is 0 Å². The van der Waals surface area contributed by atoms with Gasteiger partial charge in [0.2, 0.25) is 0 Å². The van der Waals surface area contributed by atoms with Gasteiger partial charge in [-0.2, -0.15) is 5.26 Å². The minimum Gasteiger partial charge on any atom is -0.373 e. The average Bonchev–Trinajstić information content (AvgIpc) is 2.03. The minimum absolute atomic E-state index is 0.108. The summed E-state index contributed by atoms with van der Waals surface area (Å²) in [6.07, 6.45) is 5.40. The Bertz CT molecular complexity index is 146. The van der Waals surface area contributed by atoms with Gasteiger partial charge in [0.15, 0.2) is 0 Å². The molecule has 2 nitrogen and oxygen atoms in total. The third-order valence-corrected chi connectivity index (χ3v) is 1.44. The van der Waals surface area contributed by atoms with Crippen molar-refractivity contribution in [3.8, 4) is 6.07 Å². The molecule has 0 heterocycles. The van der Waals surface area contributed by atoms with Gasteiger partial charge in [0.25, 0.3) is 0 Å². The van der Waals surface area contributed by atoms with E-state index < -0.39 is 0 Å². The third-order valence-electron chi connectivity index (χ3n) is 1.44. The van der Waals surface area contributed by atoms with Crippen LogP contribution in [0.25, 0.3) is 0 Å². The van der Waals surface area contributed by atoms with Gasteiger partial charge in [0, 0.05) is 0 Å². The summed E-state index contributed by atoms with van der Waals surface area (Å²) in [5, 5.41) is 8.38. The number of rotatable bonds is 5. The lowest BCUT2D eigenvalue weighted by Crippen LogP contribution is -2.10. The normalized spacial score (nSPS) is 13.2. The second-order valence-corrected chi connectivity index (χ2v) is 2.29. The minimum atomic E-state index is 0.108. The Morgan fingerprint density at radius 1 is 1.64 bits per heavy atom. The molecule has 0 fully saturated rings. The fourth-order valence-corrected chi connectivity index (χ4v) is 0.711. The summed E-state index contributed by atoms with van der Waals surface area (Å²) in [6.45, 7) is 4.60. The van der Waals surface area contributed by atoms with Crippen molar-refractivity contribution in [1.82, 2.24) is 0 Å². The predicted molar refractivity (Wildman–Crippen MR) is 45.1 cm³/mol. The average molecular weight is 153 g/mol. The molecule has 0 aliphatic carbocycles. The number of nitrogens with zero attached hydrogens (tertiary/aromatic N) is 1. The molecule has 0 N–H and O–H groups in total. The van der Waals surface area contributed by atoms with Gasteiger partial charge in [-0.05, 0) is 13.3 Å². The van der Waals surface area contributed by atoms with E-state index in [1.54, 1.807) is 0 Å². The molecule has 0 radical (unpaired) electrons. The molecule has 0 aromatic carbocycles. The standard InChI is InChI=1S/C9H15NO/c1-3-5-8-11-9(4-2)6-7-10/h3,5,9H,4,6,8H2,1-2H3. The van der Waals surface area contributed by atoms with Crippen LogP contribution in [0.4, 0.5) is 0 Å². The number of nitriles is 1. The van der Waals surface area contributed by atoms with E-state index >= 15 is 0 Å². The first-order valence-electron chi connectivity index (χ1n) is 3.94. The van der Waals surface area contributed by atoms with Crippen LogP contribution in [0.1, 0.15) is 26.7 Å². The smallest absolute Gasteiger partial charge is 0.0706 e. The molecule has 0 saturated heterocycles. The van der Waals surface area contributed by atoms with Crippen molar-refractivity contribution < 1.29 is 4.74 Å². The SMILES string of the molecule is CC=CCOC(CC)CC#N. The summed E-state index contributed by atoms with van der Waals surface area (Å²) in [5.74, 6) is 0. The van der Waals surface area contributed by atoms with Gasteiger partial charge in [-0.15, -0.1) is 0 Å². The van der Waals surface area contributed by atoms with Gasteiger partial charge in [0.05, 0.1) is 25.2 Å². The van der Waals surface area contributed by atoms with Gasteiger partial charge >= 0.3 is 0 Å². The van der Waals surface area contributed by atoms with Crippen molar-refractivity contribution in [2.45, 2.75) is 32.8 Å². The molecule has 0 amide bonds. The summed E-state index contributed by atoms with van der Waals surface area (Å²) < 4.78 is 5.36. The second-order valence-electron chi connectivity index (χ2n) is 2.29. The van der Waals surface area contributed by atoms with E-state index in [1.165, 1.54) is 0 Å². The van der Waals surface area contributed by atoms with Crippen LogP contribution < -0.4 is 0 Å². The molecule has 62 valence electrons. The number of ether oxygens (including phenoxy) is 1. The molecule has 1 atom stereocenters. The molecule has 0 spiro atoms. The molecule has 0 bridgehead atoms. The van der Waals surface area contributed by atoms with Gasteiger partial charge in [-0.1, -0.05) is 19.1 Å². The zero-order valence-electron chi connectivity index (χ0n) is 7.21. The maximum Gasteiger partial charge on any atom is 0.0706 e. The van der Waals surface area contributed by atoms with E-state index in [4.69, 9.17) is 10.00 Å². The third kappa shape index (κ3) is 5.63. The maximum absolute atomic E-state index is 8.38. The molecule has 0 aliphatic heterocycles. The first-order chi connectivity index (χ1) is 5.35. The summed E-state index contributed by atoms with van der Waals surface area (Å²) >= 11 is 0. The molecule has 0 rings (SSSR count). The summed E-state index contributed by atoms with van der Waals surface area (Å²) in [6, 6.07) is 2.10. The van der Waals surface area contributed by atoms with Gasteiger partial charge in [0.1, 0.15) is 0 Å². The summed E-state index contributed by atoms with van der Waals surface area (Å²) in [7, 11) is 0. The van der Waals surface area contributed by atoms with E-state index in [2.05, 4.69) is 6.07 Å². The Morgan fingerprint density at radius 2 is 2.36 bits per heavy atom. The molecule has 11 heavy (non-hydrogen) atoms. The van der Waals surface area contributed by atoms with E-state index in [0.717, 1.165) is 6.42 Å². The van der Waals surface area contributed by atoms with Crippen LogP contribution in [0.5, 0.6) is 0 Å². The lowest BCUT2D eigenvalue weighted by atomic mass is 10.2. The van der Waals surface area contributed by atoms with Gasteiger partial charge in [-0.25, -0.2) is 0 Å². The molecule has 0 aromatic rings. The van der Waals surface area contributed by atoms with Gasteiger partial charge in [-0.3, -0.25) is 0 Å². The van der Waals surface area contributed by atoms with Crippen molar-refractivity contribution in [3.63, 3.8) is 0 Å². The Morgan fingerprint density at radius 3 is 2.82 bits per heavy atom. The fourth-order valence-electron chi connectivity index (χ4n) is 0.711. The van der Waals surface area contributed by atoms with Crippen molar-refractivity contribution in [3.05, 3.63) is 12.2 Å². The summed E-state index contributed by atoms with van der Waals surface area (Å²) in [5.41, 5.74) is 0. The fraction of sp³-hybridized carbons (Fsp3) is 0.667. The van der Waals surface area contributed by atoms with Crippen LogP contribution in [0.2, 0.25) is 0 Å². The first kappa shape index (κ1) is 10.2. The maximum atomic E-state index is 8.38. The molecular weight excluding hydrogens is 138 g/mol. The van der Waals surface area contributed by atoms with E-state index in [0.29, 0.717) is 13.0 Å². The van der Waals surface area contributed by atoms with Crippen LogP contribution in [-0.2, 0) is 4.74 Å². The Labute approximate surface area is 68.5 Å². The number of hydrogen-bond donors (Lipinski definition) is 0. The number of allylic oxidation sites excluding steroid dienone is 1. The van der Waals surface area contributed by atoms with Crippen molar-refractivity contribution in [1.29, 1.82) is 5.26 Å². The Kier molecular flexibility index (Phi) is 6.76. The highest BCUT2D eigenvalue weighted by Gasteiger charge is 2.02. The summed E-state index contributed by atoms with van der Waals surface area (Å²) in [4.78, 5) is 0. The Hall–Kier alpha value is -0.810.